The number of H-pyrrole nitrogens is 1. The summed E-state index contributed by atoms with van der Waals surface area (Å²) in [4.78, 5) is 11.5. The summed E-state index contributed by atoms with van der Waals surface area (Å²) in [5.41, 5.74) is 1.44. The molecule has 6 nitrogen and oxygen atoms in total. The van der Waals surface area contributed by atoms with E-state index in [0.717, 1.165) is 5.56 Å². The molecule has 0 aliphatic heterocycles. The van der Waals surface area contributed by atoms with Gasteiger partial charge in [-0.3, -0.25) is 4.79 Å². The molecule has 1 heterocycles. The van der Waals surface area contributed by atoms with Crippen LogP contribution in [0.4, 0.5) is 0 Å². The van der Waals surface area contributed by atoms with Crippen LogP contribution in [0.15, 0.2) is 24.3 Å². The smallest absolute Gasteiger partial charge is 0.251 e. The third-order valence-electron chi connectivity index (χ3n) is 2.09. The van der Waals surface area contributed by atoms with Crippen molar-refractivity contribution in [2.75, 3.05) is 6.54 Å². The lowest BCUT2D eigenvalue weighted by atomic mass is 10.1. The Labute approximate surface area is 92.1 Å². The van der Waals surface area contributed by atoms with E-state index in [4.69, 9.17) is 0 Å². The van der Waals surface area contributed by atoms with Crippen LogP contribution in [0.2, 0.25) is 0 Å². The van der Waals surface area contributed by atoms with Gasteiger partial charge < -0.3 is 5.32 Å². The van der Waals surface area contributed by atoms with Gasteiger partial charge in [-0.05, 0) is 24.3 Å². The van der Waals surface area contributed by atoms with Crippen molar-refractivity contribution in [3.05, 3.63) is 29.8 Å². The first kappa shape index (κ1) is 10.3. The molecule has 0 atom stereocenters. The van der Waals surface area contributed by atoms with Crippen LogP contribution in [0.1, 0.15) is 17.3 Å². The minimum atomic E-state index is -0.0813. The van der Waals surface area contributed by atoms with Crippen LogP contribution in [0.25, 0.3) is 11.4 Å². The first-order chi connectivity index (χ1) is 7.81. The molecule has 2 rings (SSSR count). The normalized spacial score (nSPS) is 10.1. The molecule has 0 radical (unpaired) electrons. The van der Waals surface area contributed by atoms with Crippen molar-refractivity contribution in [1.29, 1.82) is 0 Å². The second-order valence-electron chi connectivity index (χ2n) is 3.17. The number of nitrogens with one attached hydrogen (secondary N) is 2. The second kappa shape index (κ2) is 4.52. The highest BCUT2D eigenvalue weighted by molar-refractivity contribution is 5.94. The largest absolute Gasteiger partial charge is 0.352 e. The van der Waals surface area contributed by atoms with E-state index in [1.165, 1.54) is 0 Å². The standard InChI is InChI=1S/C10H11N5O/c1-2-11-10(16)8-5-3-7(4-6-8)9-12-14-15-13-9/h3-6H,2H2,1H3,(H,11,16)(H,12,13,14,15). The van der Waals surface area contributed by atoms with Crippen molar-refractivity contribution in [3.63, 3.8) is 0 Å². The molecule has 0 aliphatic carbocycles. The van der Waals surface area contributed by atoms with Gasteiger partial charge in [0.15, 0.2) is 0 Å². The predicted octanol–water partition coefficient (Wildman–Crippen LogP) is 0.616. The Morgan fingerprint density at radius 3 is 2.69 bits per heavy atom. The topological polar surface area (TPSA) is 83.6 Å². The molecule has 1 amide bonds. The molecule has 0 saturated carbocycles. The maximum Gasteiger partial charge on any atom is 0.251 e. The Morgan fingerprint density at radius 1 is 1.38 bits per heavy atom. The monoisotopic (exact) mass is 217 g/mol. The van der Waals surface area contributed by atoms with Crippen molar-refractivity contribution >= 4 is 5.91 Å². The number of aromatic nitrogens is 4. The Balaban J connectivity index is 2.20. The van der Waals surface area contributed by atoms with Gasteiger partial charge in [-0.15, -0.1) is 10.2 Å². The molecule has 0 spiro atoms. The van der Waals surface area contributed by atoms with E-state index in [1.54, 1.807) is 24.3 Å². The van der Waals surface area contributed by atoms with Gasteiger partial charge in [-0.25, -0.2) is 0 Å². The summed E-state index contributed by atoms with van der Waals surface area (Å²) in [5.74, 6) is 0.435. The number of hydrogen-bond donors (Lipinski definition) is 2. The molecule has 1 aromatic carbocycles. The lowest BCUT2D eigenvalue weighted by molar-refractivity contribution is 0.0956. The van der Waals surface area contributed by atoms with Gasteiger partial charge in [-0.2, -0.15) is 5.21 Å². The van der Waals surface area contributed by atoms with Gasteiger partial charge in [-0.1, -0.05) is 12.1 Å². The fraction of sp³-hybridized carbons (Fsp3) is 0.200. The number of benzene rings is 1. The summed E-state index contributed by atoms with van der Waals surface area (Å²) in [6.45, 7) is 2.50. The molecule has 0 aliphatic rings. The van der Waals surface area contributed by atoms with E-state index < -0.39 is 0 Å². The Bertz CT molecular complexity index is 462. The second-order valence-corrected chi connectivity index (χ2v) is 3.17. The third-order valence-corrected chi connectivity index (χ3v) is 2.09. The quantitative estimate of drug-likeness (QED) is 0.789. The fourth-order valence-electron chi connectivity index (χ4n) is 1.32. The molecule has 0 unspecified atom stereocenters. The lowest BCUT2D eigenvalue weighted by Crippen LogP contribution is -2.22. The van der Waals surface area contributed by atoms with Gasteiger partial charge in [0, 0.05) is 17.7 Å². The zero-order chi connectivity index (χ0) is 11.4. The average Bonchev–Trinajstić information content (AvgIpc) is 2.83. The number of aromatic amines is 1. The molecule has 0 saturated heterocycles. The van der Waals surface area contributed by atoms with Crippen molar-refractivity contribution < 1.29 is 4.79 Å². The molecule has 0 bridgehead atoms. The van der Waals surface area contributed by atoms with Crippen molar-refractivity contribution in [1.82, 2.24) is 25.9 Å². The highest BCUT2D eigenvalue weighted by Gasteiger charge is 2.06. The van der Waals surface area contributed by atoms with E-state index in [2.05, 4.69) is 25.9 Å². The van der Waals surface area contributed by atoms with Gasteiger partial charge in [0.2, 0.25) is 5.82 Å². The maximum absolute atomic E-state index is 11.5. The van der Waals surface area contributed by atoms with E-state index in [0.29, 0.717) is 17.9 Å². The number of tetrazole rings is 1. The van der Waals surface area contributed by atoms with Gasteiger partial charge in [0.1, 0.15) is 0 Å². The molecule has 82 valence electrons. The highest BCUT2D eigenvalue weighted by atomic mass is 16.1. The Hall–Kier alpha value is -2.24. The third kappa shape index (κ3) is 2.05. The van der Waals surface area contributed by atoms with E-state index in [9.17, 15) is 4.79 Å². The molecule has 1 aromatic heterocycles. The fourth-order valence-corrected chi connectivity index (χ4v) is 1.32. The number of carbonyl (C=O) groups is 1. The van der Waals surface area contributed by atoms with E-state index in [-0.39, 0.29) is 5.91 Å². The highest BCUT2D eigenvalue weighted by Crippen LogP contribution is 2.13. The Kier molecular flexibility index (Phi) is 2.90. The molecule has 2 aromatic rings. The minimum Gasteiger partial charge on any atom is -0.352 e. The van der Waals surface area contributed by atoms with Crippen molar-refractivity contribution in [2.24, 2.45) is 0 Å². The van der Waals surface area contributed by atoms with Crippen molar-refractivity contribution in [2.45, 2.75) is 6.92 Å². The Morgan fingerprint density at radius 2 is 2.12 bits per heavy atom. The summed E-state index contributed by atoms with van der Waals surface area (Å²) in [6.07, 6.45) is 0. The molecule has 0 fully saturated rings. The van der Waals surface area contributed by atoms with Crippen LogP contribution in [-0.2, 0) is 0 Å². The summed E-state index contributed by atoms with van der Waals surface area (Å²) < 4.78 is 0. The first-order valence-electron chi connectivity index (χ1n) is 4.93. The van der Waals surface area contributed by atoms with Gasteiger partial charge in [0.05, 0.1) is 0 Å². The number of nitrogens with zero attached hydrogens (tertiary/aromatic N) is 3. The summed E-state index contributed by atoms with van der Waals surface area (Å²) in [5, 5.41) is 16.3. The van der Waals surface area contributed by atoms with E-state index in [1.807, 2.05) is 6.92 Å². The number of carbonyl (C=O) groups excluding carboxylic acids is 1. The number of amides is 1. The van der Waals surface area contributed by atoms with Crippen LogP contribution in [-0.4, -0.2) is 33.1 Å². The van der Waals surface area contributed by atoms with Crippen LogP contribution in [0.5, 0.6) is 0 Å². The molecule has 2 N–H and O–H groups in total. The minimum absolute atomic E-state index is 0.0813. The maximum atomic E-state index is 11.5. The number of hydrogen-bond acceptors (Lipinski definition) is 4. The zero-order valence-corrected chi connectivity index (χ0v) is 8.77. The summed E-state index contributed by atoms with van der Waals surface area (Å²) >= 11 is 0. The zero-order valence-electron chi connectivity index (χ0n) is 8.77. The van der Waals surface area contributed by atoms with Crippen LogP contribution < -0.4 is 5.32 Å². The van der Waals surface area contributed by atoms with Crippen LogP contribution >= 0.6 is 0 Å². The number of rotatable bonds is 3. The lowest BCUT2D eigenvalue weighted by Gasteiger charge is -2.02. The van der Waals surface area contributed by atoms with E-state index >= 15 is 0 Å². The van der Waals surface area contributed by atoms with Gasteiger partial charge in [0.25, 0.3) is 5.91 Å². The molecule has 16 heavy (non-hydrogen) atoms. The summed E-state index contributed by atoms with van der Waals surface area (Å²) in [6, 6.07) is 7.04. The summed E-state index contributed by atoms with van der Waals surface area (Å²) in [7, 11) is 0. The molecule has 6 heteroatoms. The van der Waals surface area contributed by atoms with Gasteiger partial charge >= 0.3 is 0 Å². The molecular weight excluding hydrogens is 206 g/mol. The average molecular weight is 217 g/mol. The first-order valence-corrected chi connectivity index (χ1v) is 4.93. The van der Waals surface area contributed by atoms with Crippen LogP contribution in [0, 0.1) is 0 Å². The SMILES string of the molecule is CCNC(=O)c1ccc(-c2nn[nH]n2)cc1. The molecular formula is C10H11N5O. The predicted molar refractivity (Wildman–Crippen MR) is 57.6 cm³/mol. The van der Waals surface area contributed by atoms with Crippen LogP contribution in [0.3, 0.4) is 0 Å². The van der Waals surface area contributed by atoms with Crippen molar-refractivity contribution in [3.8, 4) is 11.4 Å².